The van der Waals surface area contributed by atoms with E-state index < -0.39 is 5.91 Å². The van der Waals surface area contributed by atoms with Crippen LogP contribution in [0.1, 0.15) is 22.5 Å². The second-order valence-corrected chi connectivity index (χ2v) is 6.45. The number of pyridine rings is 1. The minimum atomic E-state index is -0.596. The molecule has 0 spiro atoms. The molecule has 0 fully saturated rings. The van der Waals surface area contributed by atoms with Crippen LogP contribution in [-0.4, -0.2) is 23.3 Å². The van der Waals surface area contributed by atoms with E-state index in [1.165, 1.54) is 0 Å². The van der Waals surface area contributed by atoms with Crippen molar-refractivity contribution in [2.24, 2.45) is 0 Å². The lowest BCUT2D eigenvalue weighted by Crippen LogP contribution is -2.31. The largest absolute Gasteiger partial charge is 0.352 e. The van der Waals surface area contributed by atoms with Gasteiger partial charge in [0.15, 0.2) is 0 Å². The van der Waals surface area contributed by atoms with Crippen molar-refractivity contribution in [2.45, 2.75) is 13.0 Å². The molecule has 2 rings (SSSR count). The lowest BCUT2D eigenvalue weighted by molar-refractivity contribution is -0.121. The van der Waals surface area contributed by atoms with Crippen LogP contribution >= 0.6 is 46.4 Å². The van der Waals surface area contributed by atoms with Crippen molar-refractivity contribution in [1.82, 2.24) is 15.6 Å². The molecule has 0 saturated carbocycles. The van der Waals surface area contributed by atoms with E-state index in [0.717, 1.165) is 5.56 Å². The van der Waals surface area contributed by atoms with Crippen LogP contribution in [0.25, 0.3) is 0 Å². The number of hydrogen-bond donors (Lipinski definition) is 2. The van der Waals surface area contributed by atoms with Crippen LogP contribution in [0, 0.1) is 0 Å². The van der Waals surface area contributed by atoms with E-state index in [1.54, 1.807) is 0 Å². The Bertz CT molecular complexity index is 785. The van der Waals surface area contributed by atoms with Gasteiger partial charge in [0.2, 0.25) is 5.91 Å². The summed E-state index contributed by atoms with van der Waals surface area (Å²) in [5.41, 5.74) is 0.840. The summed E-state index contributed by atoms with van der Waals surface area (Å²) in [4.78, 5) is 27.7. The maximum Gasteiger partial charge on any atom is 0.271 e. The fraction of sp³-hybridized carbons (Fsp3) is 0.188. The van der Waals surface area contributed by atoms with Gasteiger partial charge in [0.1, 0.15) is 10.8 Å². The molecule has 1 aromatic heterocycles. The molecule has 25 heavy (non-hydrogen) atoms. The highest BCUT2D eigenvalue weighted by Crippen LogP contribution is 2.35. The zero-order chi connectivity index (χ0) is 18.4. The smallest absolute Gasteiger partial charge is 0.271 e. The van der Waals surface area contributed by atoms with Crippen molar-refractivity contribution in [1.29, 1.82) is 0 Å². The van der Waals surface area contributed by atoms with Crippen molar-refractivity contribution >= 4 is 58.2 Å². The van der Waals surface area contributed by atoms with Gasteiger partial charge >= 0.3 is 0 Å². The first-order chi connectivity index (χ1) is 11.9. The number of halogens is 4. The summed E-state index contributed by atoms with van der Waals surface area (Å²) >= 11 is 23.4. The number of hydrogen-bond acceptors (Lipinski definition) is 3. The van der Waals surface area contributed by atoms with Gasteiger partial charge < -0.3 is 10.6 Å². The Labute approximate surface area is 164 Å². The number of nitrogens with one attached hydrogen (secondary N) is 2. The lowest BCUT2D eigenvalue weighted by atomic mass is 10.2. The van der Waals surface area contributed by atoms with Crippen LogP contribution < -0.4 is 10.6 Å². The minimum Gasteiger partial charge on any atom is -0.352 e. The molecule has 0 saturated heterocycles. The molecular formula is C16H13Cl4N3O2. The average Bonchev–Trinajstić information content (AvgIpc) is 2.62. The number of carbonyl (C=O) groups is 2. The highest BCUT2D eigenvalue weighted by Gasteiger charge is 2.20. The van der Waals surface area contributed by atoms with E-state index in [4.69, 9.17) is 46.4 Å². The molecule has 132 valence electrons. The highest BCUT2D eigenvalue weighted by atomic mass is 35.5. The number of carbonyl (C=O) groups excluding carboxylic acids is 2. The third-order valence-corrected chi connectivity index (χ3v) is 4.85. The van der Waals surface area contributed by atoms with Crippen LogP contribution in [0.4, 0.5) is 0 Å². The summed E-state index contributed by atoms with van der Waals surface area (Å²) in [6.45, 7) is 0.527. The summed E-state index contributed by atoms with van der Waals surface area (Å²) in [7, 11) is 0. The molecule has 0 aliphatic carbocycles. The Hall–Kier alpha value is -1.53. The first-order valence-corrected chi connectivity index (χ1v) is 8.70. The topological polar surface area (TPSA) is 71.1 Å². The van der Waals surface area contributed by atoms with E-state index in [-0.39, 0.29) is 44.8 Å². The quantitative estimate of drug-likeness (QED) is 0.690. The molecule has 0 atom stereocenters. The molecule has 1 aromatic carbocycles. The van der Waals surface area contributed by atoms with Crippen LogP contribution in [0.5, 0.6) is 0 Å². The summed E-state index contributed by atoms with van der Waals surface area (Å²) in [5, 5.41) is 5.00. The maximum absolute atomic E-state index is 12.1. The van der Waals surface area contributed by atoms with Crippen LogP contribution in [-0.2, 0) is 11.3 Å². The summed E-state index contributed by atoms with van der Waals surface area (Å²) in [5.74, 6) is -0.795. The maximum atomic E-state index is 12.1. The van der Waals surface area contributed by atoms with Crippen molar-refractivity contribution in [3.8, 4) is 0 Å². The van der Waals surface area contributed by atoms with Crippen molar-refractivity contribution in [3.63, 3.8) is 0 Å². The number of nitrogens with zero attached hydrogens (tertiary/aromatic N) is 1. The van der Waals surface area contributed by atoms with Crippen LogP contribution in [0.3, 0.4) is 0 Å². The molecular weight excluding hydrogens is 408 g/mol. The third kappa shape index (κ3) is 5.47. The van der Waals surface area contributed by atoms with Gasteiger partial charge in [0.25, 0.3) is 5.91 Å². The normalized spacial score (nSPS) is 10.4. The molecule has 0 unspecified atom stereocenters. The fourth-order valence-corrected chi connectivity index (χ4v) is 2.71. The SMILES string of the molecule is O=C(CCNC(=O)c1nc(Cl)c(Cl)c(Cl)c1Cl)NCc1ccccc1. The second-order valence-electron chi connectivity index (χ2n) is 4.96. The molecule has 9 heteroatoms. The Balaban J connectivity index is 1.83. The van der Waals surface area contributed by atoms with Gasteiger partial charge in [-0.3, -0.25) is 9.59 Å². The molecule has 2 aromatic rings. The van der Waals surface area contributed by atoms with Crippen molar-refractivity contribution in [2.75, 3.05) is 6.54 Å². The lowest BCUT2D eigenvalue weighted by Gasteiger charge is -2.09. The van der Waals surface area contributed by atoms with E-state index in [1.807, 2.05) is 30.3 Å². The van der Waals surface area contributed by atoms with Crippen molar-refractivity contribution < 1.29 is 9.59 Å². The molecule has 2 amide bonds. The molecule has 1 heterocycles. The summed E-state index contributed by atoms with van der Waals surface area (Å²) < 4.78 is 0. The predicted molar refractivity (Wildman–Crippen MR) is 99.5 cm³/mol. The highest BCUT2D eigenvalue weighted by molar-refractivity contribution is 6.52. The van der Waals surface area contributed by atoms with Gasteiger partial charge in [-0.05, 0) is 5.56 Å². The van der Waals surface area contributed by atoms with Gasteiger partial charge in [-0.2, -0.15) is 0 Å². The van der Waals surface area contributed by atoms with Gasteiger partial charge in [0, 0.05) is 19.5 Å². The van der Waals surface area contributed by atoms with Gasteiger partial charge in [-0.25, -0.2) is 4.98 Å². The molecule has 5 nitrogen and oxygen atoms in total. The second kappa shape index (κ2) is 9.25. The van der Waals surface area contributed by atoms with Crippen LogP contribution in [0.15, 0.2) is 30.3 Å². The fourth-order valence-electron chi connectivity index (χ4n) is 1.90. The molecule has 0 aliphatic rings. The van der Waals surface area contributed by atoms with E-state index in [2.05, 4.69) is 15.6 Å². The molecule has 0 radical (unpaired) electrons. The first kappa shape index (κ1) is 19.8. The average molecular weight is 421 g/mol. The monoisotopic (exact) mass is 419 g/mol. The Morgan fingerprint density at radius 1 is 0.920 bits per heavy atom. The third-order valence-electron chi connectivity index (χ3n) is 3.17. The van der Waals surface area contributed by atoms with Crippen LogP contribution in [0.2, 0.25) is 20.2 Å². The molecule has 2 N–H and O–H groups in total. The Kier molecular flexibility index (Phi) is 7.32. The Morgan fingerprint density at radius 2 is 1.60 bits per heavy atom. The number of rotatable bonds is 6. The van der Waals surface area contributed by atoms with Gasteiger partial charge in [0.05, 0.1) is 15.1 Å². The van der Waals surface area contributed by atoms with Crippen molar-refractivity contribution in [3.05, 3.63) is 61.8 Å². The van der Waals surface area contributed by atoms with E-state index >= 15 is 0 Å². The number of amides is 2. The van der Waals surface area contributed by atoms with Gasteiger partial charge in [-0.1, -0.05) is 76.7 Å². The Morgan fingerprint density at radius 3 is 2.28 bits per heavy atom. The summed E-state index contributed by atoms with van der Waals surface area (Å²) in [6, 6.07) is 9.49. The minimum absolute atomic E-state index is 0.0230. The van der Waals surface area contributed by atoms with E-state index in [0.29, 0.717) is 6.54 Å². The standard InChI is InChI=1S/C16H13Cl4N3O2/c17-11-12(18)14(23-15(20)13(11)19)16(25)21-7-6-10(24)22-8-9-4-2-1-3-5-9/h1-5H,6-8H2,(H,21,25)(H,22,24). The van der Waals surface area contributed by atoms with Gasteiger partial charge in [-0.15, -0.1) is 0 Å². The number of aromatic nitrogens is 1. The zero-order valence-corrected chi connectivity index (χ0v) is 15.8. The first-order valence-electron chi connectivity index (χ1n) is 7.19. The number of benzene rings is 1. The van der Waals surface area contributed by atoms with E-state index in [9.17, 15) is 9.59 Å². The molecule has 0 aliphatic heterocycles. The predicted octanol–water partition coefficient (Wildman–Crippen LogP) is 4.13. The zero-order valence-electron chi connectivity index (χ0n) is 12.8. The summed E-state index contributed by atoms with van der Waals surface area (Å²) in [6.07, 6.45) is 0.102. The molecule has 0 bridgehead atoms.